The number of nitrogens with zero attached hydrogens (tertiary/aromatic N) is 1. The molecule has 1 saturated heterocycles. The summed E-state index contributed by atoms with van der Waals surface area (Å²) in [5, 5.41) is 18.4. The molecule has 7 nitrogen and oxygen atoms in total. The molecule has 0 aliphatic carbocycles. The molecule has 0 spiro atoms. The number of H-pyrrole nitrogens is 1. The Bertz CT molecular complexity index is 672. The SMILES string of the molecule is C[C@H]1O[C@@H](n2cc(C#CCCCCO)c(=O)[nH]c2=O)CC1O. The quantitative estimate of drug-likeness (QED) is 0.524. The second kappa shape index (κ2) is 7.40. The minimum absolute atomic E-state index is 0.118. The van der Waals surface area contributed by atoms with Crippen LogP contribution in [0.15, 0.2) is 15.8 Å². The lowest BCUT2D eigenvalue weighted by Gasteiger charge is -2.13. The number of ether oxygens (including phenoxy) is 1. The fourth-order valence-electron chi connectivity index (χ4n) is 2.24. The minimum Gasteiger partial charge on any atom is -0.396 e. The van der Waals surface area contributed by atoms with Gasteiger partial charge in [-0.15, -0.1) is 0 Å². The second-order valence-electron chi connectivity index (χ2n) is 5.29. The van der Waals surface area contributed by atoms with Crippen LogP contribution in [0, 0.1) is 11.8 Å². The first-order valence-electron chi connectivity index (χ1n) is 7.31. The van der Waals surface area contributed by atoms with E-state index in [1.54, 1.807) is 6.92 Å². The number of nitrogens with one attached hydrogen (secondary N) is 1. The number of aromatic nitrogens is 2. The number of aromatic amines is 1. The molecule has 0 amide bonds. The van der Waals surface area contributed by atoms with Crippen molar-refractivity contribution >= 4 is 0 Å². The Balaban J connectivity index is 2.20. The molecular weight excluding hydrogens is 288 g/mol. The van der Waals surface area contributed by atoms with Gasteiger partial charge in [0.05, 0.1) is 12.2 Å². The normalized spacial score (nSPS) is 24.0. The Kier molecular flexibility index (Phi) is 5.55. The van der Waals surface area contributed by atoms with Gasteiger partial charge in [-0.2, -0.15) is 0 Å². The first kappa shape index (κ1) is 16.5. The van der Waals surface area contributed by atoms with Crippen LogP contribution in [0.2, 0.25) is 0 Å². The number of rotatable bonds is 4. The summed E-state index contributed by atoms with van der Waals surface area (Å²) >= 11 is 0. The molecule has 2 rings (SSSR count). The van der Waals surface area contributed by atoms with E-state index >= 15 is 0 Å². The number of aliphatic hydroxyl groups excluding tert-OH is 2. The lowest BCUT2D eigenvalue weighted by molar-refractivity contribution is -0.0101. The van der Waals surface area contributed by atoms with Crippen molar-refractivity contribution in [2.24, 2.45) is 0 Å². The summed E-state index contributed by atoms with van der Waals surface area (Å²) in [7, 11) is 0. The lowest BCUT2D eigenvalue weighted by Crippen LogP contribution is -2.33. The first-order valence-corrected chi connectivity index (χ1v) is 7.31. The fraction of sp³-hybridized carbons (Fsp3) is 0.600. The van der Waals surface area contributed by atoms with Gasteiger partial charge in [0.15, 0.2) is 0 Å². The number of hydrogen-bond donors (Lipinski definition) is 3. The predicted molar refractivity (Wildman–Crippen MR) is 79.3 cm³/mol. The Hall–Kier alpha value is -1.88. The van der Waals surface area contributed by atoms with E-state index in [9.17, 15) is 14.7 Å². The summed E-state index contributed by atoms with van der Waals surface area (Å²) in [5.74, 6) is 5.58. The summed E-state index contributed by atoms with van der Waals surface area (Å²) in [4.78, 5) is 25.8. The molecule has 1 aliphatic rings. The molecule has 2 heterocycles. The zero-order valence-corrected chi connectivity index (χ0v) is 12.4. The summed E-state index contributed by atoms with van der Waals surface area (Å²) in [6.45, 7) is 1.84. The van der Waals surface area contributed by atoms with Crippen LogP contribution in [0.3, 0.4) is 0 Å². The van der Waals surface area contributed by atoms with Crippen molar-refractivity contribution in [2.45, 2.75) is 51.0 Å². The van der Waals surface area contributed by atoms with Crippen molar-refractivity contribution in [3.8, 4) is 11.8 Å². The van der Waals surface area contributed by atoms with Gasteiger partial charge in [0.1, 0.15) is 11.8 Å². The standard InChI is InChI=1S/C15H20N2O5/c1-10-12(19)8-13(22-10)17-9-11(14(20)16-15(17)21)6-4-2-3-5-7-18/h9-10,12-13,18-19H,2-3,5,7-8H2,1H3,(H,16,20,21)/t10-,12?,13-/m1/s1. The van der Waals surface area contributed by atoms with E-state index in [-0.39, 0.29) is 24.7 Å². The van der Waals surface area contributed by atoms with Crippen LogP contribution in [0.1, 0.15) is 44.4 Å². The molecular formula is C15H20N2O5. The smallest absolute Gasteiger partial charge is 0.330 e. The monoisotopic (exact) mass is 308 g/mol. The highest BCUT2D eigenvalue weighted by molar-refractivity contribution is 5.29. The molecule has 22 heavy (non-hydrogen) atoms. The molecule has 1 aromatic rings. The third kappa shape index (κ3) is 3.85. The van der Waals surface area contributed by atoms with E-state index in [4.69, 9.17) is 9.84 Å². The van der Waals surface area contributed by atoms with Crippen LogP contribution < -0.4 is 11.2 Å². The van der Waals surface area contributed by atoms with Crippen LogP contribution in [0.5, 0.6) is 0 Å². The lowest BCUT2D eigenvalue weighted by atomic mass is 10.2. The largest absolute Gasteiger partial charge is 0.396 e. The van der Waals surface area contributed by atoms with Gasteiger partial charge in [0, 0.05) is 25.6 Å². The van der Waals surface area contributed by atoms with Gasteiger partial charge < -0.3 is 14.9 Å². The van der Waals surface area contributed by atoms with E-state index < -0.39 is 23.6 Å². The van der Waals surface area contributed by atoms with Crippen LogP contribution in [-0.4, -0.2) is 38.6 Å². The van der Waals surface area contributed by atoms with E-state index in [0.717, 1.165) is 6.42 Å². The van der Waals surface area contributed by atoms with Crippen molar-refractivity contribution in [1.29, 1.82) is 0 Å². The topological polar surface area (TPSA) is 105 Å². The zero-order chi connectivity index (χ0) is 16.1. The highest BCUT2D eigenvalue weighted by Crippen LogP contribution is 2.26. The van der Waals surface area contributed by atoms with Gasteiger partial charge in [-0.1, -0.05) is 11.8 Å². The van der Waals surface area contributed by atoms with Gasteiger partial charge in [-0.25, -0.2) is 4.79 Å². The van der Waals surface area contributed by atoms with Crippen molar-refractivity contribution in [3.63, 3.8) is 0 Å². The highest BCUT2D eigenvalue weighted by atomic mass is 16.5. The molecule has 0 aromatic carbocycles. The Morgan fingerprint density at radius 2 is 2.23 bits per heavy atom. The maximum absolute atomic E-state index is 11.9. The van der Waals surface area contributed by atoms with Crippen LogP contribution in [-0.2, 0) is 4.74 Å². The molecule has 1 fully saturated rings. The van der Waals surface area contributed by atoms with E-state index in [1.807, 2.05) is 0 Å². The Morgan fingerprint density at radius 1 is 1.45 bits per heavy atom. The van der Waals surface area contributed by atoms with Gasteiger partial charge >= 0.3 is 5.69 Å². The van der Waals surface area contributed by atoms with Crippen molar-refractivity contribution in [3.05, 3.63) is 32.6 Å². The molecule has 1 aromatic heterocycles. The number of unbranched alkanes of at least 4 members (excludes halogenated alkanes) is 2. The third-order valence-electron chi connectivity index (χ3n) is 3.57. The van der Waals surface area contributed by atoms with Gasteiger partial charge in [0.25, 0.3) is 5.56 Å². The summed E-state index contributed by atoms with van der Waals surface area (Å²) < 4.78 is 6.76. The van der Waals surface area contributed by atoms with Gasteiger partial charge in [-0.3, -0.25) is 14.3 Å². The molecule has 0 bridgehead atoms. The van der Waals surface area contributed by atoms with E-state index in [1.165, 1.54) is 10.8 Å². The van der Waals surface area contributed by atoms with Crippen molar-refractivity contribution in [2.75, 3.05) is 6.61 Å². The first-order chi connectivity index (χ1) is 10.5. The summed E-state index contributed by atoms with van der Waals surface area (Å²) in [6.07, 6.45) is 2.02. The average Bonchev–Trinajstić information content (AvgIpc) is 2.80. The molecule has 7 heteroatoms. The van der Waals surface area contributed by atoms with E-state index in [2.05, 4.69) is 16.8 Å². The number of hydrogen-bond acceptors (Lipinski definition) is 5. The van der Waals surface area contributed by atoms with Crippen molar-refractivity contribution < 1.29 is 14.9 Å². The summed E-state index contributed by atoms with van der Waals surface area (Å²) in [6, 6.07) is 0. The third-order valence-corrected chi connectivity index (χ3v) is 3.57. The molecule has 1 unspecified atom stereocenters. The Morgan fingerprint density at radius 3 is 2.86 bits per heavy atom. The molecule has 3 atom stereocenters. The predicted octanol–water partition coefficient (Wildman–Crippen LogP) is -0.281. The van der Waals surface area contributed by atoms with Gasteiger partial charge in [0.2, 0.25) is 0 Å². The maximum atomic E-state index is 11.9. The molecule has 0 radical (unpaired) electrons. The molecule has 3 N–H and O–H groups in total. The van der Waals surface area contributed by atoms with Crippen LogP contribution >= 0.6 is 0 Å². The molecule has 120 valence electrons. The van der Waals surface area contributed by atoms with E-state index in [0.29, 0.717) is 12.8 Å². The summed E-state index contributed by atoms with van der Waals surface area (Å²) in [5.41, 5.74) is -0.939. The number of aliphatic hydroxyl groups is 2. The van der Waals surface area contributed by atoms with Crippen LogP contribution in [0.25, 0.3) is 0 Å². The second-order valence-corrected chi connectivity index (χ2v) is 5.29. The minimum atomic E-state index is -0.642. The maximum Gasteiger partial charge on any atom is 0.330 e. The van der Waals surface area contributed by atoms with Gasteiger partial charge in [-0.05, 0) is 19.8 Å². The molecule has 0 saturated carbocycles. The van der Waals surface area contributed by atoms with Crippen molar-refractivity contribution in [1.82, 2.24) is 9.55 Å². The van der Waals surface area contributed by atoms with Crippen LogP contribution in [0.4, 0.5) is 0 Å². The molecule has 1 aliphatic heterocycles. The Labute approximate surface area is 127 Å². The average molecular weight is 308 g/mol. The zero-order valence-electron chi connectivity index (χ0n) is 12.4. The fourth-order valence-corrected chi connectivity index (χ4v) is 2.24. The highest BCUT2D eigenvalue weighted by Gasteiger charge is 2.32.